The number of anilines is 1. The van der Waals surface area contributed by atoms with Gasteiger partial charge in [-0.3, -0.25) is 4.99 Å². The number of aryl methyl sites for hydroxylation is 1. The SMILES string of the molecule is Cc1cccc(C=NCc2cc(N3CCNCC3)n3nc(-c4ccccc4)cc3n2)c1. The topological polar surface area (TPSA) is 57.8 Å². The fourth-order valence-corrected chi connectivity index (χ4v) is 3.95. The number of nitrogens with one attached hydrogen (secondary N) is 1. The predicted octanol–water partition coefficient (Wildman–Crippen LogP) is 3.73. The molecule has 1 N–H and O–H groups in total. The maximum atomic E-state index is 4.89. The summed E-state index contributed by atoms with van der Waals surface area (Å²) in [5.74, 6) is 1.08. The lowest BCUT2D eigenvalue weighted by Gasteiger charge is -2.29. The minimum absolute atomic E-state index is 0.537. The van der Waals surface area contributed by atoms with Crippen LogP contribution in [-0.2, 0) is 6.54 Å². The molecule has 0 unspecified atom stereocenters. The highest BCUT2D eigenvalue weighted by molar-refractivity contribution is 5.79. The zero-order chi connectivity index (χ0) is 21.0. The molecule has 31 heavy (non-hydrogen) atoms. The van der Waals surface area contributed by atoms with Crippen molar-refractivity contribution in [3.05, 3.63) is 83.6 Å². The van der Waals surface area contributed by atoms with Crippen LogP contribution in [0.2, 0.25) is 0 Å². The largest absolute Gasteiger partial charge is 0.354 e. The Bertz CT molecular complexity index is 1210. The quantitative estimate of drug-likeness (QED) is 0.510. The normalized spacial score (nSPS) is 14.5. The van der Waals surface area contributed by atoms with Gasteiger partial charge in [-0.2, -0.15) is 9.61 Å². The molecule has 0 spiro atoms. The first-order valence-corrected chi connectivity index (χ1v) is 10.7. The lowest BCUT2D eigenvalue weighted by molar-refractivity contribution is 0.579. The molecule has 4 aromatic rings. The third kappa shape index (κ3) is 4.34. The van der Waals surface area contributed by atoms with E-state index in [1.165, 1.54) is 5.56 Å². The zero-order valence-corrected chi connectivity index (χ0v) is 17.7. The summed E-state index contributed by atoms with van der Waals surface area (Å²) in [5, 5.41) is 8.32. The third-order valence-corrected chi connectivity index (χ3v) is 5.51. The minimum atomic E-state index is 0.537. The molecule has 6 heteroatoms. The van der Waals surface area contributed by atoms with Crippen LogP contribution in [0.3, 0.4) is 0 Å². The van der Waals surface area contributed by atoms with Gasteiger partial charge in [0.2, 0.25) is 0 Å². The molecule has 0 bridgehead atoms. The van der Waals surface area contributed by atoms with Crippen molar-refractivity contribution in [2.75, 3.05) is 31.1 Å². The molecule has 1 aliphatic rings. The molecule has 1 fully saturated rings. The fraction of sp³-hybridized carbons (Fsp3) is 0.240. The maximum absolute atomic E-state index is 4.89. The van der Waals surface area contributed by atoms with E-state index in [1.807, 2.05) is 28.9 Å². The Kier molecular flexibility index (Phi) is 5.46. The van der Waals surface area contributed by atoms with E-state index in [9.17, 15) is 0 Å². The maximum Gasteiger partial charge on any atom is 0.158 e. The number of rotatable bonds is 5. The molecule has 0 saturated carbocycles. The molecule has 2 aromatic heterocycles. The summed E-state index contributed by atoms with van der Waals surface area (Å²) in [6.07, 6.45) is 1.93. The Morgan fingerprint density at radius 2 is 1.84 bits per heavy atom. The Morgan fingerprint density at radius 3 is 2.65 bits per heavy atom. The van der Waals surface area contributed by atoms with E-state index in [-0.39, 0.29) is 0 Å². The molecule has 0 atom stereocenters. The van der Waals surface area contributed by atoms with Gasteiger partial charge in [0.05, 0.1) is 17.9 Å². The van der Waals surface area contributed by atoms with E-state index in [0.717, 1.165) is 60.2 Å². The van der Waals surface area contributed by atoms with Gasteiger partial charge >= 0.3 is 0 Å². The van der Waals surface area contributed by atoms with Gasteiger partial charge in [0.1, 0.15) is 5.82 Å². The average molecular weight is 411 g/mol. The number of piperazine rings is 1. The first-order chi connectivity index (χ1) is 15.3. The van der Waals surface area contributed by atoms with Gasteiger partial charge in [0, 0.05) is 50.1 Å². The highest BCUT2D eigenvalue weighted by atomic mass is 15.4. The Balaban J connectivity index is 1.50. The number of aromatic nitrogens is 3. The van der Waals surface area contributed by atoms with Crippen molar-refractivity contribution < 1.29 is 0 Å². The van der Waals surface area contributed by atoms with Gasteiger partial charge in [-0.1, -0.05) is 60.2 Å². The molecule has 1 aliphatic heterocycles. The van der Waals surface area contributed by atoms with Crippen molar-refractivity contribution in [1.29, 1.82) is 0 Å². The van der Waals surface area contributed by atoms with Gasteiger partial charge in [0.25, 0.3) is 0 Å². The molecule has 156 valence electrons. The lowest BCUT2D eigenvalue weighted by Crippen LogP contribution is -2.44. The third-order valence-electron chi connectivity index (χ3n) is 5.51. The molecule has 5 rings (SSSR count). The van der Waals surface area contributed by atoms with Crippen LogP contribution < -0.4 is 10.2 Å². The second kappa shape index (κ2) is 8.70. The van der Waals surface area contributed by atoms with Crippen LogP contribution in [0.25, 0.3) is 16.9 Å². The standard InChI is InChI=1S/C25H26N6/c1-19-6-5-7-20(14-19)17-27-18-22-15-25(30-12-10-26-11-13-30)31-24(28-22)16-23(29-31)21-8-3-2-4-9-21/h2-9,14-17,26H,10-13,18H2,1H3. The van der Waals surface area contributed by atoms with Crippen LogP contribution in [0.4, 0.5) is 5.82 Å². The zero-order valence-electron chi connectivity index (χ0n) is 17.7. The highest BCUT2D eigenvalue weighted by Gasteiger charge is 2.17. The fourth-order valence-electron chi connectivity index (χ4n) is 3.95. The van der Waals surface area contributed by atoms with Crippen LogP contribution >= 0.6 is 0 Å². The Hall–Kier alpha value is -3.51. The number of hydrogen-bond acceptors (Lipinski definition) is 5. The summed E-state index contributed by atoms with van der Waals surface area (Å²) >= 11 is 0. The van der Waals surface area contributed by atoms with E-state index in [2.05, 4.69) is 70.7 Å². The van der Waals surface area contributed by atoms with Crippen LogP contribution in [0.1, 0.15) is 16.8 Å². The van der Waals surface area contributed by atoms with Crippen LogP contribution in [0.5, 0.6) is 0 Å². The van der Waals surface area contributed by atoms with Crippen LogP contribution in [0, 0.1) is 6.92 Å². The van der Waals surface area contributed by atoms with Gasteiger partial charge in [-0.15, -0.1) is 0 Å². The average Bonchev–Trinajstić information content (AvgIpc) is 3.24. The van der Waals surface area contributed by atoms with E-state index < -0.39 is 0 Å². The number of hydrogen-bond donors (Lipinski definition) is 1. The van der Waals surface area contributed by atoms with Gasteiger partial charge in [-0.05, 0) is 12.5 Å². The molecule has 2 aromatic carbocycles. The van der Waals surface area contributed by atoms with E-state index in [4.69, 9.17) is 10.1 Å². The van der Waals surface area contributed by atoms with Gasteiger partial charge < -0.3 is 10.2 Å². The summed E-state index contributed by atoms with van der Waals surface area (Å²) in [6.45, 7) is 6.47. The first kappa shape index (κ1) is 19.5. The summed E-state index contributed by atoms with van der Waals surface area (Å²) in [6, 6.07) is 22.8. The van der Waals surface area contributed by atoms with Gasteiger partial charge in [-0.25, -0.2) is 4.98 Å². The van der Waals surface area contributed by atoms with Crippen molar-refractivity contribution in [2.24, 2.45) is 4.99 Å². The Morgan fingerprint density at radius 1 is 1.00 bits per heavy atom. The van der Waals surface area contributed by atoms with E-state index >= 15 is 0 Å². The monoisotopic (exact) mass is 410 g/mol. The molecule has 1 saturated heterocycles. The molecule has 0 amide bonds. The van der Waals surface area contributed by atoms with E-state index in [0.29, 0.717) is 6.54 Å². The minimum Gasteiger partial charge on any atom is -0.354 e. The summed E-state index contributed by atoms with van der Waals surface area (Å²) in [4.78, 5) is 11.9. The van der Waals surface area contributed by atoms with Crippen molar-refractivity contribution in [2.45, 2.75) is 13.5 Å². The summed E-state index contributed by atoms with van der Waals surface area (Å²) in [7, 11) is 0. The molecular weight excluding hydrogens is 384 g/mol. The lowest BCUT2D eigenvalue weighted by atomic mass is 10.1. The molecular formula is C25H26N6. The number of nitrogens with zero attached hydrogens (tertiary/aromatic N) is 5. The number of benzene rings is 2. The van der Waals surface area contributed by atoms with Crippen molar-refractivity contribution in [1.82, 2.24) is 19.9 Å². The van der Waals surface area contributed by atoms with E-state index in [1.54, 1.807) is 0 Å². The summed E-state index contributed by atoms with van der Waals surface area (Å²) < 4.78 is 1.97. The van der Waals surface area contributed by atoms with Crippen LogP contribution in [-0.4, -0.2) is 47.0 Å². The second-order valence-corrected chi connectivity index (χ2v) is 7.89. The molecule has 0 radical (unpaired) electrons. The van der Waals surface area contributed by atoms with Gasteiger partial charge in [0.15, 0.2) is 5.65 Å². The smallest absolute Gasteiger partial charge is 0.158 e. The molecule has 6 nitrogen and oxygen atoms in total. The Labute approximate surface area is 182 Å². The number of fused-ring (bicyclic) bond motifs is 1. The van der Waals surface area contributed by atoms with Crippen molar-refractivity contribution >= 4 is 17.7 Å². The highest BCUT2D eigenvalue weighted by Crippen LogP contribution is 2.24. The summed E-state index contributed by atoms with van der Waals surface area (Å²) in [5.41, 5.74) is 6.18. The molecule has 3 heterocycles. The predicted molar refractivity (Wildman–Crippen MR) is 126 cm³/mol. The second-order valence-electron chi connectivity index (χ2n) is 7.89. The molecule has 0 aliphatic carbocycles. The van der Waals surface area contributed by atoms with Crippen molar-refractivity contribution in [3.63, 3.8) is 0 Å². The first-order valence-electron chi connectivity index (χ1n) is 10.7. The van der Waals surface area contributed by atoms with Crippen LogP contribution in [0.15, 0.2) is 71.7 Å². The number of aliphatic imine (C=N–C) groups is 1. The van der Waals surface area contributed by atoms with Crippen molar-refractivity contribution in [3.8, 4) is 11.3 Å².